The fourth-order valence-corrected chi connectivity index (χ4v) is 5.38. The number of nitrogens with one attached hydrogen (secondary N) is 2. The van der Waals surface area contributed by atoms with E-state index in [-0.39, 0.29) is 23.6 Å². The Balaban J connectivity index is 1.64. The molecule has 0 bridgehead atoms. The zero-order valence-electron chi connectivity index (χ0n) is 19.3. The van der Waals surface area contributed by atoms with Crippen LogP contribution >= 0.6 is 0 Å². The van der Waals surface area contributed by atoms with E-state index in [0.717, 1.165) is 5.41 Å². The van der Waals surface area contributed by atoms with E-state index in [1.54, 1.807) is 51.1 Å². The van der Waals surface area contributed by atoms with Crippen molar-refractivity contribution in [3.63, 3.8) is 0 Å². The Hall–Kier alpha value is -3.31. The number of alkyl halides is 2. The lowest BCUT2D eigenvalue weighted by molar-refractivity contribution is -0.121. The number of nitrogens with zero attached hydrogens (tertiary/aromatic N) is 1. The molecule has 2 heterocycles. The number of anilines is 2. The molecule has 0 aliphatic carbocycles. The largest absolute Gasteiger partial charge is 0.488 e. The number of carbonyl (C=O) groups is 2. The van der Waals surface area contributed by atoms with Gasteiger partial charge >= 0.3 is 0 Å². The molecule has 0 fully saturated rings. The molecule has 0 radical (unpaired) electrons. The Morgan fingerprint density at radius 1 is 1.20 bits per heavy atom. The summed E-state index contributed by atoms with van der Waals surface area (Å²) in [6.07, 6.45) is -0.892. The molecule has 1 atom stereocenters. The standard InChI is InChI=1S/C24H25F2N3O5S/c1-23(2)18-12-15(21(30)27-24(3)10-5-11-35(32,33)28-24)8-9-19(18)29(22(23)31)16-6-4-7-17(13-16)34-14-20(25)26/h4-9,11-13,20,28H,10,14H2,1-3H3,(H,27,30)/t24-/m1/s1. The number of hydrogen-bond acceptors (Lipinski definition) is 5. The maximum Gasteiger partial charge on any atom is 0.272 e. The van der Waals surface area contributed by atoms with Crippen molar-refractivity contribution in [2.24, 2.45) is 0 Å². The number of amides is 2. The molecule has 2 aliphatic heterocycles. The number of hydrogen-bond donors (Lipinski definition) is 2. The Bertz CT molecular complexity index is 1330. The molecular formula is C24H25F2N3O5S. The Morgan fingerprint density at radius 3 is 2.63 bits per heavy atom. The maximum absolute atomic E-state index is 13.4. The summed E-state index contributed by atoms with van der Waals surface area (Å²) in [5.74, 6) is -0.555. The first kappa shape index (κ1) is 24.8. The molecule has 11 heteroatoms. The summed E-state index contributed by atoms with van der Waals surface area (Å²) in [6, 6.07) is 11.1. The molecule has 2 N–H and O–H groups in total. The predicted molar refractivity (Wildman–Crippen MR) is 126 cm³/mol. The van der Waals surface area contributed by atoms with Crippen LogP contribution in [0.1, 0.15) is 43.1 Å². The van der Waals surface area contributed by atoms with Crippen LogP contribution in [0.4, 0.5) is 20.2 Å². The summed E-state index contributed by atoms with van der Waals surface area (Å²) < 4.78 is 56.4. The minimum atomic E-state index is -3.65. The molecule has 0 unspecified atom stereocenters. The van der Waals surface area contributed by atoms with Gasteiger partial charge in [-0.15, -0.1) is 0 Å². The highest BCUT2D eigenvalue weighted by Crippen LogP contribution is 2.46. The molecule has 0 saturated heterocycles. The first-order valence-corrected chi connectivity index (χ1v) is 12.4. The molecule has 2 aliphatic rings. The van der Waals surface area contributed by atoms with Crippen molar-refractivity contribution in [2.45, 2.75) is 44.7 Å². The quantitative estimate of drug-likeness (QED) is 0.625. The molecule has 8 nitrogen and oxygen atoms in total. The predicted octanol–water partition coefficient (Wildman–Crippen LogP) is 3.57. The van der Waals surface area contributed by atoms with Gasteiger partial charge in [-0.05, 0) is 56.7 Å². The molecular weight excluding hydrogens is 480 g/mol. The number of carbonyl (C=O) groups excluding carboxylic acids is 2. The number of benzene rings is 2. The van der Waals surface area contributed by atoms with Crippen molar-refractivity contribution in [3.05, 3.63) is 65.1 Å². The fourth-order valence-electron chi connectivity index (χ4n) is 4.20. The molecule has 4 rings (SSSR count). The lowest BCUT2D eigenvalue weighted by atomic mass is 9.85. The molecule has 2 amide bonds. The van der Waals surface area contributed by atoms with Crippen LogP contribution in [-0.2, 0) is 20.2 Å². The molecule has 0 saturated carbocycles. The molecule has 35 heavy (non-hydrogen) atoms. The van der Waals surface area contributed by atoms with Gasteiger partial charge in [-0.3, -0.25) is 14.5 Å². The van der Waals surface area contributed by atoms with E-state index in [0.29, 0.717) is 16.9 Å². The number of halogens is 2. The molecule has 0 spiro atoms. The maximum atomic E-state index is 13.4. The number of rotatable bonds is 6. The van der Waals surface area contributed by atoms with Crippen LogP contribution in [0.15, 0.2) is 53.9 Å². The van der Waals surface area contributed by atoms with Crippen LogP contribution in [-0.4, -0.2) is 38.9 Å². The third-order valence-electron chi connectivity index (χ3n) is 5.92. The van der Waals surface area contributed by atoms with Gasteiger partial charge in [0.1, 0.15) is 18.0 Å². The molecule has 0 aromatic heterocycles. The summed E-state index contributed by atoms with van der Waals surface area (Å²) >= 11 is 0. The van der Waals surface area contributed by atoms with E-state index in [1.807, 2.05) is 0 Å². The second kappa shape index (κ2) is 8.72. The van der Waals surface area contributed by atoms with Gasteiger partial charge < -0.3 is 10.1 Å². The minimum absolute atomic E-state index is 0.204. The summed E-state index contributed by atoms with van der Waals surface area (Å²) in [6.45, 7) is 4.27. The van der Waals surface area contributed by atoms with Crippen LogP contribution in [0.25, 0.3) is 0 Å². The van der Waals surface area contributed by atoms with Gasteiger partial charge in [-0.25, -0.2) is 17.2 Å². The zero-order chi connectivity index (χ0) is 25.6. The summed E-state index contributed by atoms with van der Waals surface area (Å²) in [5, 5.41) is 3.76. The average Bonchev–Trinajstić information content (AvgIpc) is 2.96. The van der Waals surface area contributed by atoms with E-state index < -0.39 is 40.0 Å². The van der Waals surface area contributed by atoms with Crippen molar-refractivity contribution >= 4 is 33.2 Å². The highest BCUT2D eigenvalue weighted by molar-refractivity contribution is 7.92. The number of fused-ring (bicyclic) bond motifs is 1. The average molecular weight is 506 g/mol. The number of ether oxygens (including phenoxy) is 1. The lowest BCUT2D eigenvalue weighted by Gasteiger charge is -2.32. The minimum Gasteiger partial charge on any atom is -0.488 e. The molecule has 186 valence electrons. The van der Waals surface area contributed by atoms with Crippen molar-refractivity contribution in [2.75, 3.05) is 11.5 Å². The third kappa shape index (κ3) is 4.92. The number of sulfonamides is 1. The van der Waals surface area contributed by atoms with Crippen molar-refractivity contribution in [1.29, 1.82) is 0 Å². The summed E-state index contributed by atoms with van der Waals surface area (Å²) in [5.41, 5.74) is -0.319. The Labute approximate surface area is 202 Å². The monoisotopic (exact) mass is 505 g/mol. The van der Waals surface area contributed by atoms with Gasteiger partial charge in [0, 0.05) is 23.5 Å². The highest BCUT2D eigenvalue weighted by Gasteiger charge is 2.45. The van der Waals surface area contributed by atoms with Crippen LogP contribution in [0.5, 0.6) is 5.75 Å². The summed E-state index contributed by atoms with van der Waals surface area (Å²) in [7, 11) is -3.65. The first-order chi connectivity index (χ1) is 16.3. The lowest BCUT2D eigenvalue weighted by Crippen LogP contribution is -2.59. The van der Waals surface area contributed by atoms with Gasteiger partial charge in [0.25, 0.3) is 12.3 Å². The van der Waals surface area contributed by atoms with E-state index in [9.17, 15) is 26.8 Å². The Kier molecular flexibility index (Phi) is 6.18. The van der Waals surface area contributed by atoms with Crippen LogP contribution < -0.4 is 19.7 Å². The van der Waals surface area contributed by atoms with E-state index in [4.69, 9.17) is 4.74 Å². The zero-order valence-corrected chi connectivity index (χ0v) is 20.2. The van der Waals surface area contributed by atoms with E-state index in [2.05, 4.69) is 10.0 Å². The van der Waals surface area contributed by atoms with Gasteiger partial charge in [-0.1, -0.05) is 12.1 Å². The highest BCUT2D eigenvalue weighted by atomic mass is 32.2. The van der Waals surface area contributed by atoms with Crippen LogP contribution in [0, 0.1) is 0 Å². The van der Waals surface area contributed by atoms with Gasteiger partial charge in [-0.2, -0.15) is 4.72 Å². The van der Waals surface area contributed by atoms with E-state index >= 15 is 0 Å². The van der Waals surface area contributed by atoms with Crippen LogP contribution in [0.3, 0.4) is 0 Å². The topological polar surface area (TPSA) is 105 Å². The van der Waals surface area contributed by atoms with E-state index in [1.165, 1.54) is 23.1 Å². The SMILES string of the molecule is CC1(C)C(=O)N(c2cccc(OCC(F)F)c2)c2ccc(C(=O)N[C@@]3(C)CC=CS(=O)(=O)N3)cc21. The third-order valence-corrected chi connectivity index (χ3v) is 7.21. The van der Waals surface area contributed by atoms with Crippen molar-refractivity contribution in [1.82, 2.24) is 10.0 Å². The van der Waals surface area contributed by atoms with Crippen molar-refractivity contribution < 1.29 is 31.5 Å². The van der Waals surface area contributed by atoms with Crippen molar-refractivity contribution in [3.8, 4) is 5.75 Å². The first-order valence-electron chi connectivity index (χ1n) is 10.8. The van der Waals surface area contributed by atoms with Gasteiger partial charge in [0.05, 0.1) is 16.8 Å². The normalized spacial score (nSPS) is 22.2. The summed E-state index contributed by atoms with van der Waals surface area (Å²) in [4.78, 5) is 27.8. The second-order valence-corrected chi connectivity index (χ2v) is 10.8. The fraction of sp³-hybridized carbons (Fsp3) is 0.333. The molecule has 2 aromatic carbocycles. The smallest absolute Gasteiger partial charge is 0.272 e. The second-order valence-electron chi connectivity index (χ2n) is 9.21. The molecule has 2 aromatic rings. The Morgan fingerprint density at radius 2 is 1.94 bits per heavy atom. The van der Waals surface area contributed by atoms with Crippen LogP contribution in [0.2, 0.25) is 0 Å². The van der Waals surface area contributed by atoms with Gasteiger partial charge in [0.2, 0.25) is 15.9 Å². The van der Waals surface area contributed by atoms with Gasteiger partial charge in [0.15, 0.2) is 0 Å².